The van der Waals surface area contributed by atoms with E-state index in [0.29, 0.717) is 24.2 Å². The first-order valence-corrected chi connectivity index (χ1v) is 6.59. The van der Waals surface area contributed by atoms with Crippen molar-refractivity contribution in [2.24, 2.45) is 5.73 Å². The lowest BCUT2D eigenvalue weighted by atomic mass is 10.1. The second kappa shape index (κ2) is 6.27. The molecule has 106 valence electrons. The predicted octanol–water partition coefficient (Wildman–Crippen LogP) is 0.594. The van der Waals surface area contributed by atoms with Gasteiger partial charge in [-0.05, 0) is 13.8 Å². The van der Waals surface area contributed by atoms with E-state index in [9.17, 15) is 0 Å². The minimum absolute atomic E-state index is 0.0817. The van der Waals surface area contributed by atoms with Crippen LogP contribution in [-0.2, 0) is 4.74 Å². The highest BCUT2D eigenvalue weighted by atomic mass is 16.5. The van der Waals surface area contributed by atoms with Crippen molar-refractivity contribution in [1.82, 2.24) is 14.9 Å². The summed E-state index contributed by atoms with van der Waals surface area (Å²) in [4.78, 5) is 10.8. The summed E-state index contributed by atoms with van der Waals surface area (Å²) in [6.45, 7) is 6.80. The lowest BCUT2D eigenvalue weighted by Gasteiger charge is -2.37. The first-order valence-electron chi connectivity index (χ1n) is 6.59. The summed E-state index contributed by atoms with van der Waals surface area (Å²) in [7, 11) is 1.57. The molecule has 1 aliphatic heterocycles. The van der Waals surface area contributed by atoms with Gasteiger partial charge in [-0.2, -0.15) is 0 Å². The Morgan fingerprint density at radius 1 is 1.42 bits per heavy atom. The fraction of sp³-hybridized carbons (Fsp3) is 0.692. The van der Waals surface area contributed by atoms with Crippen LogP contribution in [0.5, 0.6) is 5.88 Å². The second-order valence-corrected chi connectivity index (χ2v) is 4.97. The summed E-state index contributed by atoms with van der Waals surface area (Å²) in [5, 5.41) is 0. The molecule has 2 N–H and O–H groups in total. The quantitative estimate of drug-likeness (QED) is 0.860. The van der Waals surface area contributed by atoms with Gasteiger partial charge in [0.25, 0.3) is 0 Å². The number of nitrogens with zero attached hydrogens (tertiary/aromatic N) is 3. The lowest BCUT2D eigenvalue weighted by molar-refractivity contribution is -0.0511. The van der Waals surface area contributed by atoms with Gasteiger partial charge >= 0.3 is 0 Å². The average molecular weight is 266 g/mol. The van der Waals surface area contributed by atoms with E-state index in [1.165, 1.54) is 0 Å². The van der Waals surface area contributed by atoms with Gasteiger partial charge in [0.2, 0.25) is 5.88 Å². The second-order valence-electron chi connectivity index (χ2n) is 4.97. The van der Waals surface area contributed by atoms with E-state index in [-0.39, 0.29) is 12.1 Å². The largest absolute Gasteiger partial charge is 0.480 e. The van der Waals surface area contributed by atoms with Crippen LogP contribution in [0.4, 0.5) is 0 Å². The lowest BCUT2D eigenvalue weighted by Crippen LogP contribution is -2.49. The highest BCUT2D eigenvalue weighted by molar-refractivity contribution is 5.22. The molecule has 2 rings (SSSR count). The molecule has 1 saturated heterocycles. The van der Waals surface area contributed by atoms with Gasteiger partial charge in [0.15, 0.2) is 0 Å². The van der Waals surface area contributed by atoms with Crippen molar-refractivity contribution in [2.45, 2.75) is 32.0 Å². The molecule has 0 saturated carbocycles. The SMILES string of the molecule is COc1nccnc1C(N)C1CN(C(C)C)CCO1. The first kappa shape index (κ1) is 14.2. The molecule has 0 spiro atoms. The summed E-state index contributed by atoms with van der Waals surface area (Å²) in [5.41, 5.74) is 6.93. The van der Waals surface area contributed by atoms with Crippen LogP contribution in [-0.4, -0.2) is 53.8 Å². The van der Waals surface area contributed by atoms with Crippen molar-refractivity contribution in [3.05, 3.63) is 18.1 Å². The third-order valence-electron chi connectivity index (χ3n) is 3.46. The minimum Gasteiger partial charge on any atom is -0.480 e. The highest BCUT2D eigenvalue weighted by Crippen LogP contribution is 2.24. The van der Waals surface area contributed by atoms with E-state index in [1.54, 1.807) is 19.5 Å². The van der Waals surface area contributed by atoms with Crippen LogP contribution < -0.4 is 10.5 Å². The van der Waals surface area contributed by atoms with Gasteiger partial charge in [-0.15, -0.1) is 0 Å². The molecule has 0 bridgehead atoms. The number of rotatable bonds is 4. The Kier molecular flexibility index (Phi) is 4.68. The fourth-order valence-corrected chi connectivity index (χ4v) is 2.28. The smallest absolute Gasteiger partial charge is 0.237 e. The molecule has 2 unspecified atom stereocenters. The summed E-state index contributed by atoms with van der Waals surface area (Å²) in [5.74, 6) is 0.472. The van der Waals surface area contributed by atoms with Gasteiger partial charge in [0.05, 0.1) is 25.9 Å². The minimum atomic E-state index is -0.329. The predicted molar refractivity (Wildman–Crippen MR) is 72.0 cm³/mol. The molecular weight excluding hydrogens is 244 g/mol. The molecule has 1 fully saturated rings. The molecule has 0 amide bonds. The van der Waals surface area contributed by atoms with Gasteiger partial charge < -0.3 is 15.2 Å². The van der Waals surface area contributed by atoms with Crippen LogP contribution >= 0.6 is 0 Å². The average Bonchev–Trinajstić information content (AvgIpc) is 2.46. The number of hydrogen-bond acceptors (Lipinski definition) is 6. The number of hydrogen-bond donors (Lipinski definition) is 1. The molecular formula is C13H22N4O2. The Bertz CT molecular complexity index is 413. The zero-order valence-electron chi connectivity index (χ0n) is 11.7. The summed E-state index contributed by atoms with van der Waals surface area (Å²) in [6.07, 6.45) is 3.14. The monoisotopic (exact) mass is 266 g/mol. The highest BCUT2D eigenvalue weighted by Gasteiger charge is 2.30. The number of ether oxygens (including phenoxy) is 2. The fourth-order valence-electron chi connectivity index (χ4n) is 2.28. The van der Waals surface area contributed by atoms with Gasteiger partial charge in [0, 0.05) is 31.5 Å². The maximum absolute atomic E-state index is 6.27. The summed E-state index contributed by atoms with van der Waals surface area (Å²) in [6, 6.07) is 0.160. The molecule has 6 heteroatoms. The zero-order chi connectivity index (χ0) is 13.8. The standard InChI is InChI=1S/C13H22N4O2/c1-9(2)17-6-7-19-10(8-17)11(14)12-13(18-3)16-5-4-15-12/h4-5,9-11H,6-8,14H2,1-3H3. The van der Waals surface area contributed by atoms with E-state index in [0.717, 1.165) is 13.1 Å². The van der Waals surface area contributed by atoms with Crippen LogP contribution in [0, 0.1) is 0 Å². The topological polar surface area (TPSA) is 73.5 Å². The molecule has 0 aromatic carbocycles. The molecule has 0 aliphatic carbocycles. The van der Waals surface area contributed by atoms with Gasteiger partial charge in [-0.3, -0.25) is 9.88 Å². The van der Waals surface area contributed by atoms with Gasteiger partial charge in [0.1, 0.15) is 5.69 Å². The number of morpholine rings is 1. The maximum atomic E-state index is 6.27. The Hall–Kier alpha value is -1.24. The van der Waals surface area contributed by atoms with Crippen LogP contribution in [0.25, 0.3) is 0 Å². The Balaban J connectivity index is 2.12. The van der Waals surface area contributed by atoms with Crippen LogP contribution in [0.15, 0.2) is 12.4 Å². The number of aromatic nitrogens is 2. The number of methoxy groups -OCH3 is 1. The zero-order valence-corrected chi connectivity index (χ0v) is 11.7. The third-order valence-corrected chi connectivity index (χ3v) is 3.46. The summed E-state index contributed by atoms with van der Waals surface area (Å²) >= 11 is 0. The molecule has 1 aliphatic rings. The molecule has 6 nitrogen and oxygen atoms in total. The van der Waals surface area contributed by atoms with Crippen molar-refractivity contribution >= 4 is 0 Å². The van der Waals surface area contributed by atoms with Crippen molar-refractivity contribution < 1.29 is 9.47 Å². The van der Waals surface area contributed by atoms with Gasteiger partial charge in [-0.1, -0.05) is 0 Å². The Labute approximate surface area is 113 Å². The molecule has 0 radical (unpaired) electrons. The molecule has 2 heterocycles. The normalized spacial score (nSPS) is 22.5. The van der Waals surface area contributed by atoms with E-state index in [1.807, 2.05) is 0 Å². The van der Waals surface area contributed by atoms with E-state index in [2.05, 4.69) is 28.7 Å². The third kappa shape index (κ3) is 3.20. The number of nitrogens with two attached hydrogens (primary N) is 1. The Morgan fingerprint density at radius 2 is 2.16 bits per heavy atom. The van der Waals surface area contributed by atoms with Crippen molar-refractivity contribution in [1.29, 1.82) is 0 Å². The van der Waals surface area contributed by atoms with Crippen LogP contribution in [0.3, 0.4) is 0 Å². The Morgan fingerprint density at radius 3 is 2.84 bits per heavy atom. The van der Waals surface area contributed by atoms with E-state index >= 15 is 0 Å². The molecule has 1 aromatic heterocycles. The van der Waals surface area contributed by atoms with Crippen molar-refractivity contribution in [3.8, 4) is 5.88 Å². The van der Waals surface area contributed by atoms with E-state index < -0.39 is 0 Å². The van der Waals surface area contributed by atoms with E-state index in [4.69, 9.17) is 15.2 Å². The molecule has 2 atom stereocenters. The van der Waals surface area contributed by atoms with Gasteiger partial charge in [-0.25, -0.2) is 4.98 Å². The van der Waals surface area contributed by atoms with Crippen molar-refractivity contribution in [3.63, 3.8) is 0 Å². The maximum Gasteiger partial charge on any atom is 0.237 e. The van der Waals surface area contributed by atoms with Crippen molar-refractivity contribution in [2.75, 3.05) is 26.8 Å². The summed E-state index contributed by atoms with van der Waals surface area (Å²) < 4.78 is 11.0. The first-order chi connectivity index (χ1) is 9.13. The van der Waals surface area contributed by atoms with Crippen LogP contribution in [0.2, 0.25) is 0 Å². The molecule has 1 aromatic rings. The van der Waals surface area contributed by atoms with Crippen LogP contribution in [0.1, 0.15) is 25.6 Å². The molecule has 19 heavy (non-hydrogen) atoms.